The van der Waals surface area contributed by atoms with Crippen molar-refractivity contribution in [1.29, 1.82) is 0 Å². The maximum absolute atomic E-state index is 12.2. The molecule has 1 unspecified atom stereocenters. The standard InChI is InChI=1S/C28H28BN6O/c1-15-12-23-22(17(3)31-27(23)36)13-24(15)32-28-33-26(34-35(28)29-4)21-11-16(2)25(30-14-21)20-9-7-19(8-10-20)18-5-6-18/h7-14,17-18H,5-6H2,1-4H3,(H,31,36)(H,32,33,34). The van der Waals surface area contributed by atoms with Crippen molar-refractivity contribution in [3.05, 3.63) is 76.5 Å². The normalized spacial score (nSPS) is 16.6. The smallest absolute Gasteiger partial charge is 0.281 e. The Hall–Kier alpha value is -3.94. The number of hydrogen-bond donors (Lipinski definition) is 2. The number of hydrogen-bond acceptors (Lipinski definition) is 5. The fourth-order valence-electron chi connectivity index (χ4n) is 4.93. The van der Waals surface area contributed by atoms with Crippen molar-refractivity contribution in [3.63, 3.8) is 0 Å². The highest BCUT2D eigenvalue weighted by Gasteiger charge is 2.27. The van der Waals surface area contributed by atoms with Crippen LogP contribution in [0, 0.1) is 13.8 Å². The lowest BCUT2D eigenvalue weighted by Gasteiger charge is -2.12. The molecule has 4 aromatic rings. The molecule has 6 rings (SSSR count). The number of pyridine rings is 1. The largest absolute Gasteiger partial charge is 0.345 e. The van der Waals surface area contributed by atoms with Crippen molar-refractivity contribution in [2.75, 3.05) is 5.32 Å². The molecule has 0 saturated heterocycles. The van der Waals surface area contributed by atoms with Gasteiger partial charge < -0.3 is 10.6 Å². The molecule has 1 atom stereocenters. The Bertz CT molecular complexity index is 1490. The lowest BCUT2D eigenvalue weighted by atomic mass is 10.0. The second-order valence-corrected chi connectivity index (χ2v) is 9.82. The molecular weight excluding hydrogens is 447 g/mol. The average molecular weight is 475 g/mol. The van der Waals surface area contributed by atoms with Crippen LogP contribution in [0.15, 0.2) is 48.7 Å². The molecule has 1 amide bonds. The Morgan fingerprint density at radius 3 is 2.53 bits per heavy atom. The molecule has 36 heavy (non-hydrogen) atoms. The van der Waals surface area contributed by atoms with Gasteiger partial charge in [-0.2, -0.15) is 10.1 Å². The number of carbonyl (C=O) groups excluding carboxylic acids is 1. The number of aryl methyl sites for hydroxylation is 2. The molecule has 7 nitrogen and oxygen atoms in total. The molecule has 179 valence electrons. The lowest BCUT2D eigenvalue weighted by molar-refractivity contribution is 0.0958. The van der Waals surface area contributed by atoms with E-state index in [-0.39, 0.29) is 11.9 Å². The Morgan fingerprint density at radius 2 is 1.83 bits per heavy atom. The molecule has 2 aromatic carbocycles. The van der Waals surface area contributed by atoms with Crippen LogP contribution >= 0.6 is 0 Å². The van der Waals surface area contributed by atoms with Crippen LogP contribution < -0.4 is 10.6 Å². The molecule has 2 aromatic heterocycles. The first kappa shape index (κ1) is 22.5. The summed E-state index contributed by atoms with van der Waals surface area (Å²) >= 11 is 0. The van der Waals surface area contributed by atoms with Crippen molar-refractivity contribution < 1.29 is 4.79 Å². The molecule has 2 aliphatic rings. The van der Waals surface area contributed by atoms with Crippen molar-refractivity contribution >= 4 is 25.0 Å². The van der Waals surface area contributed by atoms with Crippen LogP contribution in [-0.2, 0) is 0 Å². The van der Waals surface area contributed by atoms with E-state index in [1.54, 1.807) is 4.59 Å². The number of anilines is 2. The summed E-state index contributed by atoms with van der Waals surface area (Å²) in [5.74, 6) is 1.94. The van der Waals surface area contributed by atoms with Crippen molar-refractivity contribution in [2.45, 2.75) is 52.4 Å². The van der Waals surface area contributed by atoms with E-state index in [9.17, 15) is 4.79 Å². The summed E-state index contributed by atoms with van der Waals surface area (Å²) in [5.41, 5.74) is 9.07. The Morgan fingerprint density at radius 1 is 1.06 bits per heavy atom. The molecule has 1 fully saturated rings. The van der Waals surface area contributed by atoms with Crippen LogP contribution in [0.5, 0.6) is 0 Å². The minimum Gasteiger partial charge on any atom is -0.345 e. The molecule has 8 heteroatoms. The highest BCUT2D eigenvalue weighted by Crippen LogP contribution is 2.40. The molecule has 3 heterocycles. The molecular formula is C28H28BN6O. The summed E-state index contributed by atoms with van der Waals surface area (Å²) in [4.78, 5) is 21.7. The molecule has 2 N–H and O–H groups in total. The number of carbonyl (C=O) groups is 1. The lowest BCUT2D eigenvalue weighted by Crippen LogP contribution is -2.16. The Balaban J connectivity index is 1.28. The maximum Gasteiger partial charge on any atom is 0.281 e. The third-order valence-corrected chi connectivity index (χ3v) is 7.15. The van der Waals surface area contributed by atoms with E-state index in [0.29, 0.717) is 11.8 Å². The SMILES string of the molecule is C[B]n1nc(-c2cnc(-c3ccc(C4CC4)cc3)c(C)c2)nc1Nc1cc2c(cc1C)C(=O)NC2C. The zero-order valence-electron chi connectivity index (χ0n) is 21.0. The number of fused-ring (bicyclic) bond motifs is 1. The van der Waals surface area contributed by atoms with Gasteiger partial charge in [0.15, 0.2) is 5.82 Å². The summed E-state index contributed by atoms with van der Waals surface area (Å²) in [6, 6.07) is 14.8. The Labute approximate surface area is 211 Å². The number of aromatic nitrogens is 4. The zero-order valence-corrected chi connectivity index (χ0v) is 21.0. The van der Waals surface area contributed by atoms with E-state index in [1.165, 1.54) is 18.4 Å². The van der Waals surface area contributed by atoms with Crippen molar-refractivity contribution in [1.82, 2.24) is 25.0 Å². The van der Waals surface area contributed by atoms with Gasteiger partial charge in [0.25, 0.3) is 13.3 Å². The monoisotopic (exact) mass is 475 g/mol. The fraction of sp³-hybridized carbons (Fsp3) is 0.286. The molecule has 1 aliphatic heterocycles. The fourth-order valence-corrected chi connectivity index (χ4v) is 4.93. The number of benzene rings is 2. The zero-order chi connectivity index (χ0) is 25.0. The van der Waals surface area contributed by atoms with Gasteiger partial charge in [0, 0.05) is 28.6 Å². The number of amides is 1. The molecule has 0 bridgehead atoms. The summed E-state index contributed by atoms with van der Waals surface area (Å²) in [5, 5.41) is 11.1. The van der Waals surface area contributed by atoms with Gasteiger partial charge in [0.1, 0.15) is 0 Å². The van der Waals surface area contributed by atoms with Gasteiger partial charge in [0.05, 0.1) is 11.7 Å². The van der Waals surface area contributed by atoms with E-state index in [0.717, 1.165) is 50.7 Å². The predicted octanol–water partition coefficient (Wildman–Crippen LogP) is 5.56. The van der Waals surface area contributed by atoms with E-state index in [4.69, 9.17) is 9.97 Å². The van der Waals surface area contributed by atoms with E-state index in [1.807, 2.05) is 46.4 Å². The first-order valence-electron chi connectivity index (χ1n) is 12.5. The molecule has 0 spiro atoms. The van der Waals surface area contributed by atoms with Gasteiger partial charge in [-0.1, -0.05) is 31.1 Å². The maximum atomic E-state index is 12.2. The first-order chi connectivity index (χ1) is 17.4. The van der Waals surface area contributed by atoms with Crippen molar-refractivity contribution in [3.8, 4) is 22.6 Å². The third kappa shape index (κ3) is 3.96. The second kappa shape index (κ2) is 8.62. The van der Waals surface area contributed by atoms with Crippen LogP contribution in [0.4, 0.5) is 11.6 Å². The molecule has 1 radical (unpaired) electrons. The summed E-state index contributed by atoms with van der Waals surface area (Å²) in [6.07, 6.45) is 4.45. The number of nitrogens with zero attached hydrogens (tertiary/aromatic N) is 4. The number of nitrogens with one attached hydrogen (secondary N) is 2. The summed E-state index contributed by atoms with van der Waals surface area (Å²) in [7, 11) is 1.87. The topological polar surface area (TPSA) is 84.7 Å². The molecule has 1 saturated carbocycles. The summed E-state index contributed by atoms with van der Waals surface area (Å²) < 4.78 is 1.73. The summed E-state index contributed by atoms with van der Waals surface area (Å²) in [6.45, 7) is 7.97. The van der Waals surface area contributed by atoms with E-state index < -0.39 is 0 Å². The average Bonchev–Trinajstić information content (AvgIpc) is 3.59. The van der Waals surface area contributed by atoms with Crippen LogP contribution in [0.2, 0.25) is 6.82 Å². The minimum absolute atomic E-state index is 0.0164. The van der Waals surface area contributed by atoms with Gasteiger partial charge in [-0.3, -0.25) is 14.4 Å². The van der Waals surface area contributed by atoms with Gasteiger partial charge in [-0.15, -0.1) is 0 Å². The van der Waals surface area contributed by atoms with E-state index >= 15 is 0 Å². The van der Waals surface area contributed by atoms with Gasteiger partial charge in [0.2, 0.25) is 5.95 Å². The van der Waals surface area contributed by atoms with Crippen LogP contribution in [0.1, 0.15) is 64.3 Å². The highest BCUT2D eigenvalue weighted by atomic mass is 16.2. The minimum atomic E-state index is -0.0235. The van der Waals surface area contributed by atoms with Crippen LogP contribution in [0.25, 0.3) is 22.6 Å². The first-order valence-corrected chi connectivity index (χ1v) is 12.5. The van der Waals surface area contributed by atoms with Crippen LogP contribution in [-0.4, -0.2) is 33.0 Å². The third-order valence-electron chi connectivity index (χ3n) is 7.15. The van der Waals surface area contributed by atoms with Gasteiger partial charge in [-0.05, 0) is 80.0 Å². The predicted molar refractivity (Wildman–Crippen MR) is 143 cm³/mol. The second-order valence-electron chi connectivity index (χ2n) is 9.82. The Kier molecular flexibility index (Phi) is 5.40. The van der Waals surface area contributed by atoms with Gasteiger partial charge >= 0.3 is 0 Å². The van der Waals surface area contributed by atoms with E-state index in [2.05, 4.69) is 53.0 Å². The van der Waals surface area contributed by atoms with Crippen molar-refractivity contribution in [2.24, 2.45) is 0 Å². The van der Waals surface area contributed by atoms with Gasteiger partial charge in [-0.25, -0.2) is 0 Å². The van der Waals surface area contributed by atoms with Crippen LogP contribution in [0.3, 0.4) is 0 Å². The highest BCUT2D eigenvalue weighted by molar-refractivity contribution is 6.32. The molecule has 1 aliphatic carbocycles. The quantitative estimate of drug-likeness (QED) is 0.357. The number of rotatable bonds is 6.